The fraction of sp³-hybridized carbons (Fsp3) is 0.800. The zero-order valence-electron chi connectivity index (χ0n) is 4.62. The number of nitrogens with one attached hydrogen (secondary N) is 1. The number of hydrogen-bond acceptors (Lipinski definition) is 0. The Balaban J connectivity index is 2.63. The SMILES string of the molecule is [CH2-][NH+](C)CCC. The molecule has 0 aliphatic rings. The molecule has 1 heteroatoms. The molecule has 1 atom stereocenters. The van der Waals surface area contributed by atoms with Gasteiger partial charge in [0.15, 0.2) is 0 Å². The zero-order valence-corrected chi connectivity index (χ0v) is 4.62. The molecule has 1 N–H and O–H groups in total. The normalized spacial score (nSPS) is 14.5. The van der Waals surface area contributed by atoms with Crippen molar-refractivity contribution in [1.82, 2.24) is 0 Å². The van der Waals surface area contributed by atoms with E-state index in [1.54, 1.807) is 0 Å². The lowest BCUT2D eigenvalue weighted by Gasteiger charge is -2.10. The molecule has 0 radical (unpaired) electrons. The Bertz CT molecular complexity index is 25.1. The van der Waals surface area contributed by atoms with Crippen LogP contribution in [-0.4, -0.2) is 13.6 Å². The van der Waals surface area contributed by atoms with Crippen molar-refractivity contribution in [2.24, 2.45) is 0 Å². The molecular weight excluding hydrogens is 74.1 g/mol. The summed E-state index contributed by atoms with van der Waals surface area (Å²) >= 11 is 0. The predicted molar refractivity (Wildman–Crippen MR) is 27.4 cm³/mol. The van der Waals surface area contributed by atoms with Crippen molar-refractivity contribution in [2.75, 3.05) is 13.6 Å². The maximum atomic E-state index is 3.74. The first-order valence-electron chi connectivity index (χ1n) is 2.41. The van der Waals surface area contributed by atoms with Gasteiger partial charge >= 0.3 is 0 Å². The predicted octanol–water partition coefficient (Wildman–Crippen LogP) is -0.297. The van der Waals surface area contributed by atoms with E-state index >= 15 is 0 Å². The minimum Gasteiger partial charge on any atom is -0.470 e. The molecule has 0 bridgehead atoms. The standard InChI is InChI=1S/C5H13N/c1-4-5-6(2)3/h6H,2,4-5H2,1,3H3. The molecule has 0 spiro atoms. The highest BCUT2D eigenvalue weighted by atomic mass is 15.0. The minimum absolute atomic E-state index is 1.18. The van der Waals surface area contributed by atoms with Crippen LogP contribution in [0.4, 0.5) is 0 Å². The van der Waals surface area contributed by atoms with Gasteiger partial charge in [-0.15, -0.1) is 0 Å². The fourth-order valence-corrected chi connectivity index (χ4v) is 0.427. The maximum absolute atomic E-state index is 3.74. The molecule has 0 heterocycles. The van der Waals surface area contributed by atoms with Gasteiger partial charge in [-0.25, -0.2) is 0 Å². The lowest BCUT2D eigenvalue weighted by molar-refractivity contribution is -0.831. The third kappa shape index (κ3) is 3.96. The Kier molecular flexibility index (Phi) is 3.14. The lowest BCUT2D eigenvalue weighted by Crippen LogP contribution is -3.03. The molecule has 0 saturated carbocycles. The topological polar surface area (TPSA) is 4.44 Å². The third-order valence-corrected chi connectivity index (χ3v) is 0.677. The number of quaternary nitrogens is 1. The Morgan fingerprint density at radius 2 is 2.17 bits per heavy atom. The summed E-state index contributed by atoms with van der Waals surface area (Å²) in [5.74, 6) is 0. The van der Waals surface area contributed by atoms with Crippen LogP contribution in [0.2, 0.25) is 0 Å². The molecular formula is C5H13N. The van der Waals surface area contributed by atoms with E-state index in [-0.39, 0.29) is 0 Å². The second-order valence-electron chi connectivity index (χ2n) is 1.71. The van der Waals surface area contributed by atoms with Gasteiger partial charge in [0.25, 0.3) is 0 Å². The molecule has 0 aromatic heterocycles. The van der Waals surface area contributed by atoms with E-state index in [0.29, 0.717) is 0 Å². The van der Waals surface area contributed by atoms with Crippen LogP contribution in [0, 0.1) is 7.05 Å². The van der Waals surface area contributed by atoms with Crippen LogP contribution in [0.15, 0.2) is 0 Å². The first kappa shape index (κ1) is 5.96. The second kappa shape index (κ2) is 3.16. The van der Waals surface area contributed by atoms with Crippen LogP contribution in [0.1, 0.15) is 13.3 Å². The molecule has 0 amide bonds. The van der Waals surface area contributed by atoms with Gasteiger partial charge < -0.3 is 4.90 Å². The van der Waals surface area contributed by atoms with Crippen molar-refractivity contribution in [2.45, 2.75) is 13.3 Å². The summed E-state index contributed by atoms with van der Waals surface area (Å²) in [6.45, 7) is 3.34. The Hall–Kier alpha value is -0.0400. The van der Waals surface area contributed by atoms with Crippen molar-refractivity contribution < 1.29 is 4.90 Å². The first-order chi connectivity index (χ1) is 2.77. The van der Waals surface area contributed by atoms with Crippen molar-refractivity contribution in [3.05, 3.63) is 7.05 Å². The largest absolute Gasteiger partial charge is 0.470 e. The monoisotopic (exact) mass is 87.1 g/mol. The van der Waals surface area contributed by atoms with Gasteiger partial charge in [0.1, 0.15) is 0 Å². The van der Waals surface area contributed by atoms with Crippen LogP contribution in [-0.2, 0) is 0 Å². The second-order valence-corrected chi connectivity index (χ2v) is 1.71. The van der Waals surface area contributed by atoms with Crippen molar-refractivity contribution >= 4 is 0 Å². The summed E-state index contributed by atoms with van der Waals surface area (Å²) in [6, 6.07) is 0. The summed E-state index contributed by atoms with van der Waals surface area (Å²) in [4.78, 5) is 1.29. The van der Waals surface area contributed by atoms with Gasteiger partial charge in [0.05, 0.1) is 6.54 Å². The van der Waals surface area contributed by atoms with Gasteiger partial charge in [-0.1, -0.05) is 6.92 Å². The molecule has 1 unspecified atom stereocenters. The van der Waals surface area contributed by atoms with Gasteiger partial charge in [-0.05, 0) is 6.42 Å². The van der Waals surface area contributed by atoms with Crippen LogP contribution in [0.3, 0.4) is 0 Å². The van der Waals surface area contributed by atoms with Crippen LogP contribution >= 0.6 is 0 Å². The number of hydrogen-bond donors (Lipinski definition) is 1. The molecule has 0 aromatic rings. The van der Waals surface area contributed by atoms with Gasteiger partial charge in [0.2, 0.25) is 0 Å². The summed E-state index contributed by atoms with van der Waals surface area (Å²) in [7, 11) is 5.80. The van der Waals surface area contributed by atoms with Crippen LogP contribution < -0.4 is 4.90 Å². The van der Waals surface area contributed by atoms with Crippen molar-refractivity contribution in [3.8, 4) is 0 Å². The molecule has 0 saturated heterocycles. The summed E-state index contributed by atoms with van der Waals surface area (Å²) in [5, 5.41) is 0. The maximum Gasteiger partial charge on any atom is 0.0525 e. The first-order valence-corrected chi connectivity index (χ1v) is 2.41. The van der Waals surface area contributed by atoms with E-state index in [1.807, 2.05) is 0 Å². The Morgan fingerprint density at radius 1 is 1.67 bits per heavy atom. The molecule has 6 heavy (non-hydrogen) atoms. The number of rotatable bonds is 2. The zero-order chi connectivity index (χ0) is 4.99. The van der Waals surface area contributed by atoms with E-state index in [2.05, 4.69) is 21.0 Å². The van der Waals surface area contributed by atoms with E-state index in [0.717, 1.165) is 0 Å². The van der Waals surface area contributed by atoms with Gasteiger partial charge in [-0.2, -0.15) is 7.05 Å². The Labute approximate surface area is 40.0 Å². The third-order valence-electron chi connectivity index (χ3n) is 0.677. The molecule has 0 fully saturated rings. The minimum atomic E-state index is 1.18. The van der Waals surface area contributed by atoms with E-state index < -0.39 is 0 Å². The fourth-order valence-electron chi connectivity index (χ4n) is 0.427. The highest BCUT2D eigenvalue weighted by molar-refractivity contribution is 4.15. The van der Waals surface area contributed by atoms with Crippen LogP contribution in [0.5, 0.6) is 0 Å². The lowest BCUT2D eigenvalue weighted by atomic mass is 10.5. The highest BCUT2D eigenvalue weighted by Gasteiger charge is 1.76. The quantitative estimate of drug-likeness (QED) is 0.441. The summed E-state index contributed by atoms with van der Waals surface area (Å²) < 4.78 is 0. The van der Waals surface area contributed by atoms with Crippen molar-refractivity contribution in [1.29, 1.82) is 0 Å². The molecule has 0 aliphatic carbocycles. The molecule has 0 aromatic carbocycles. The smallest absolute Gasteiger partial charge is 0.0525 e. The summed E-state index contributed by atoms with van der Waals surface area (Å²) in [6.07, 6.45) is 1.23. The molecule has 1 nitrogen and oxygen atoms in total. The van der Waals surface area contributed by atoms with E-state index in [9.17, 15) is 0 Å². The highest BCUT2D eigenvalue weighted by Crippen LogP contribution is 1.58. The molecule has 0 rings (SSSR count). The van der Waals surface area contributed by atoms with Crippen molar-refractivity contribution in [3.63, 3.8) is 0 Å². The van der Waals surface area contributed by atoms with Gasteiger partial charge in [-0.3, -0.25) is 0 Å². The average molecular weight is 87.2 g/mol. The van der Waals surface area contributed by atoms with Crippen LogP contribution in [0.25, 0.3) is 0 Å². The van der Waals surface area contributed by atoms with E-state index in [4.69, 9.17) is 0 Å². The molecule has 0 aliphatic heterocycles. The average Bonchev–Trinajstić information content (AvgIpc) is 1.35. The van der Waals surface area contributed by atoms with Gasteiger partial charge in [0, 0.05) is 7.05 Å². The van der Waals surface area contributed by atoms with E-state index in [1.165, 1.54) is 17.9 Å². The Morgan fingerprint density at radius 3 is 2.17 bits per heavy atom. The summed E-state index contributed by atoms with van der Waals surface area (Å²) in [5.41, 5.74) is 0. The molecule has 38 valence electrons.